The lowest BCUT2D eigenvalue weighted by molar-refractivity contribution is 0.00578. The number of pyridine rings is 1. The van der Waals surface area contributed by atoms with Crippen molar-refractivity contribution in [1.29, 1.82) is 0 Å². The molecule has 0 aliphatic carbocycles. The van der Waals surface area contributed by atoms with Crippen LogP contribution < -0.4 is 10.2 Å². The number of ether oxygens (including phenoxy) is 1. The molecule has 1 aliphatic heterocycles. The van der Waals surface area contributed by atoms with Gasteiger partial charge >= 0.3 is 7.12 Å². The third-order valence-corrected chi connectivity index (χ3v) is 4.51. The summed E-state index contributed by atoms with van der Waals surface area (Å²) in [4.78, 5) is 4.27. The highest BCUT2D eigenvalue weighted by atomic mass is 16.7. The van der Waals surface area contributed by atoms with Crippen LogP contribution in [-0.4, -0.2) is 23.3 Å². The summed E-state index contributed by atoms with van der Waals surface area (Å²) in [6.45, 7) is 8.66. The van der Waals surface area contributed by atoms with Crippen LogP contribution in [0, 0.1) is 0 Å². The Bertz CT molecular complexity index is 657. The molecule has 1 aromatic heterocycles. The van der Waals surface area contributed by atoms with E-state index in [2.05, 4.69) is 4.98 Å². The second kappa shape index (κ2) is 5.98. The van der Waals surface area contributed by atoms with Gasteiger partial charge in [-0.05, 0) is 44.8 Å². The van der Waals surface area contributed by atoms with Crippen LogP contribution in [-0.2, 0) is 15.9 Å². The van der Waals surface area contributed by atoms with E-state index in [1.807, 2.05) is 70.2 Å². The molecule has 3 rings (SSSR count). The van der Waals surface area contributed by atoms with E-state index in [0.717, 1.165) is 11.0 Å². The molecule has 0 bridgehead atoms. The topological polar surface area (TPSA) is 40.6 Å². The van der Waals surface area contributed by atoms with Crippen LogP contribution in [0.3, 0.4) is 0 Å². The first kappa shape index (κ1) is 16.0. The molecule has 4 nitrogen and oxygen atoms in total. The van der Waals surface area contributed by atoms with E-state index >= 15 is 0 Å². The zero-order valence-electron chi connectivity index (χ0n) is 14.1. The third kappa shape index (κ3) is 3.41. The second-order valence-electron chi connectivity index (χ2n) is 6.79. The highest BCUT2D eigenvalue weighted by Gasteiger charge is 2.51. The predicted molar refractivity (Wildman–Crippen MR) is 90.7 cm³/mol. The Morgan fingerprint density at radius 3 is 2.30 bits per heavy atom. The lowest BCUT2D eigenvalue weighted by Gasteiger charge is -2.32. The summed E-state index contributed by atoms with van der Waals surface area (Å²) in [5.41, 5.74) is 1.31. The third-order valence-electron chi connectivity index (χ3n) is 4.51. The van der Waals surface area contributed by atoms with Crippen LogP contribution in [0.25, 0.3) is 0 Å². The van der Waals surface area contributed by atoms with Crippen LogP contribution in [0.5, 0.6) is 5.88 Å². The van der Waals surface area contributed by atoms with Gasteiger partial charge in [-0.2, -0.15) is 0 Å². The van der Waals surface area contributed by atoms with Crippen molar-refractivity contribution in [1.82, 2.24) is 4.98 Å². The minimum atomic E-state index is -0.401. The Balaban J connectivity index is 1.71. The number of benzene rings is 1. The van der Waals surface area contributed by atoms with Crippen molar-refractivity contribution < 1.29 is 14.0 Å². The Morgan fingerprint density at radius 1 is 1.00 bits per heavy atom. The average Bonchev–Trinajstić information content (AvgIpc) is 2.75. The summed E-state index contributed by atoms with van der Waals surface area (Å²) < 4.78 is 17.9. The summed E-state index contributed by atoms with van der Waals surface area (Å²) in [6.07, 6.45) is 1.72. The van der Waals surface area contributed by atoms with Crippen molar-refractivity contribution in [3.8, 4) is 5.88 Å². The van der Waals surface area contributed by atoms with Gasteiger partial charge in [0.25, 0.3) is 0 Å². The molecule has 2 heterocycles. The fraction of sp³-hybridized carbons (Fsp3) is 0.389. The maximum absolute atomic E-state index is 6.06. The molecule has 120 valence electrons. The summed E-state index contributed by atoms with van der Waals surface area (Å²) in [6, 6.07) is 13.8. The summed E-state index contributed by atoms with van der Waals surface area (Å²) in [5.74, 6) is 0.570. The largest absolute Gasteiger partial charge is 0.495 e. The van der Waals surface area contributed by atoms with Crippen molar-refractivity contribution >= 4 is 12.6 Å². The van der Waals surface area contributed by atoms with E-state index < -0.39 is 7.12 Å². The molecule has 2 aromatic rings. The monoisotopic (exact) mass is 311 g/mol. The smallest absolute Gasteiger partial charge is 0.473 e. The van der Waals surface area contributed by atoms with Gasteiger partial charge in [0, 0.05) is 12.3 Å². The van der Waals surface area contributed by atoms with Gasteiger partial charge in [0.15, 0.2) is 0 Å². The first-order valence-corrected chi connectivity index (χ1v) is 7.86. The number of hydrogen-bond donors (Lipinski definition) is 0. The number of nitrogens with zero attached hydrogens (tertiary/aromatic N) is 1. The molecule has 1 fully saturated rings. The van der Waals surface area contributed by atoms with Gasteiger partial charge in [-0.3, -0.25) is 0 Å². The standard InChI is InChI=1S/C18H22BNO3/c1-17(2)18(3,4)23-19(22-17)15-10-11-20-16(12-15)21-13-14-8-6-5-7-9-14/h5-12H,13H2,1-4H3. The molecule has 0 saturated carbocycles. The van der Waals surface area contributed by atoms with Crippen molar-refractivity contribution in [2.75, 3.05) is 0 Å². The first-order chi connectivity index (χ1) is 10.9. The van der Waals surface area contributed by atoms with E-state index in [4.69, 9.17) is 14.0 Å². The Labute approximate surface area is 137 Å². The van der Waals surface area contributed by atoms with Gasteiger partial charge in [0.2, 0.25) is 5.88 Å². The normalized spacial score (nSPS) is 18.9. The molecule has 1 aromatic carbocycles. The molecular formula is C18H22BNO3. The van der Waals surface area contributed by atoms with E-state index in [1.54, 1.807) is 6.20 Å². The van der Waals surface area contributed by atoms with Gasteiger partial charge in [0.1, 0.15) is 6.61 Å². The lowest BCUT2D eigenvalue weighted by atomic mass is 9.80. The first-order valence-electron chi connectivity index (χ1n) is 7.86. The Hall–Kier alpha value is -1.85. The molecule has 0 N–H and O–H groups in total. The fourth-order valence-corrected chi connectivity index (χ4v) is 2.36. The fourth-order valence-electron chi connectivity index (χ4n) is 2.36. The van der Waals surface area contributed by atoms with Crippen LogP contribution in [0.4, 0.5) is 0 Å². The minimum Gasteiger partial charge on any atom is -0.473 e. The molecule has 0 spiro atoms. The van der Waals surface area contributed by atoms with E-state index in [0.29, 0.717) is 12.5 Å². The average molecular weight is 311 g/mol. The SMILES string of the molecule is CC1(C)OB(c2ccnc(OCc3ccccc3)c2)OC1(C)C. The molecule has 1 aliphatic rings. The molecule has 0 amide bonds. The van der Waals surface area contributed by atoms with Gasteiger partial charge in [-0.25, -0.2) is 4.98 Å². The van der Waals surface area contributed by atoms with Gasteiger partial charge < -0.3 is 14.0 Å². The van der Waals surface area contributed by atoms with Gasteiger partial charge in [0.05, 0.1) is 11.2 Å². The quantitative estimate of drug-likeness (QED) is 0.814. The van der Waals surface area contributed by atoms with Crippen molar-refractivity contribution in [2.24, 2.45) is 0 Å². The number of hydrogen-bond acceptors (Lipinski definition) is 4. The summed E-state index contributed by atoms with van der Waals surface area (Å²) >= 11 is 0. The molecule has 1 saturated heterocycles. The second-order valence-corrected chi connectivity index (χ2v) is 6.79. The van der Waals surface area contributed by atoms with Crippen molar-refractivity contribution in [3.05, 3.63) is 54.2 Å². The van der Waals surface area contributed by atoms with Crippen molar-refractivity contribution in [2.45, 2.75) is 45.5 Å². The highest BCUT2D eigenvalue weighted by molar-refractivity contribution is 6.62. The highest BCUT2D eigenvalue weighted by Crippen LogP contribution is 2.36. The van der Waals surface area contributed by atoms with Crippen LogP contribution in [0.15, 0.2) is 48.7 Å². The van der Waals surface area contributed by atoms with Crippen LogP contribution in [0.2, 0.25) is 0 Å². The van der Waals surface area contributed by atoms with Crippen LogP contribution >= 0.6 is 0 Å². The van der Waals surface area contributed by atoms with Gasteiger partial charge in [-0.15, -0.1) is 0 Å². The van der Waals surface area contributed by atoms with E-state index in [9.17, 15) is 0 Å². The number of rotatable bonds is 4. The van der Waals surface area contributed by atoms with E-state index in [-0.39, 0.29) is 11.2 Å². The van der Waals surface area contributed by atoms with Crippen molar-refractivity contribution in [3.63, 3.8) is 0 Å². The lowest BCUT2D eigenvalue weighted by Crippen LogP contribution is -2.41. The van der Waals surface area contributed by atoms with E-state index in [1.165, 1.54) is 0 Å². The molecule has 23 heavy (non-hydrogen) atoms. The summed E-state index contributed by atoms with van der Waals surface area (Å²) in [5, 5.41) is 0. The van der Waals surface area contributed by atoms with Crippen LogP contribution in [0.1, 0.15) is 33.3 Å². The van der Waals surface area contributed by atoms with Gasteiger partial charge in [-0.1, -0.05) is 30.3 Å². The Morgan fingerprint density at radius 2 is 1.65 bits per heavy atom. The minimum absolute atomic E-state index is 0.355. The molecular weight excluding hydrogens is 289 g/mol. The maximum Gasteiger partial charge on any atom is 0.495 e. The predicted octanol–water partition coefficient (Wildman–Crippen LogP) is 2.96. The zero-order valence-corrected chi connectivity index (χ0v) is 14.1. The molecule has 0 unspecified atom stereocenters. The molecule has 0 atom stereocenters. The molecule has 0 radical (unpaired) electrons. The molecule has 5 heteroatoms. The summed E-state index contributed by atoms with van der Waals surface area (Å²) in [7, 11) is -0.401. The maximum atomic E-state index is 6.06. The zero-order chi connectivity index (χ0) is 16.5. The number of aromatic nitrogens is 1. The Kier molecular flexibility index (Phi) is 4.17.